The zero-order valence-corrected chi connectivity index (χ0v) is 23.8. The number of aliphatic imine (C=N–C) groups is 1. The molecule has 2 aromatic rings. The van der Waals surface area contributed by atoms with Gasteiger partial charge in [0.15, 0.2) is 11.0 Å². The molecule has 4 rings (SSSR count). The van der Waals surface area contributed by atoms with Crippen molar-refractivity contribution in [2.75, 3.05) is 36.4 Å². The molecule has 2 heterocycles. The summed E-state index contributed by atoms with van der Waals surface area (Å²) in [4.78, 5) is 32.2. The number of amidine groups is 1. The summed E-state index contributed by atoms with van der Waals surface area (Å²) >= 11 is 1.45. The summed E-state index contributed by atoms with van der Waals surface area (Å²) < 4.78 is 0. The first-order valence-corrected chi connectivity index (χ1v) is 14.2. The highest BCUT2D eigenvalue weighted by atomic mass is 32.2. The largest absolute Gasteiger partial charge is 0.387 e. The number of nitrogens with one attached hydrogen (secondary N) is 2. The van der Waals surface area contributed by atoms with Crippen LogP contribution in [0.25, 0.3) is 0 Å². The summed E-state index contributed by atoms with van der Waals surface area (Å²) in [5.74, 6) is 1.93. The highest BCUT2D eigenvalue weighted by Gasteiger charge is 2.27. The Morgan fingerprint density at radius 1 is 1.13 bits per heavy atom. The lowest BCUT2D eigenvalue weighted by Crippen LogP contribution is -2.53. The fourth-order valence-electron chi connectivity index (χ4n) is 4.87. The first kappa shape index (κ1) is 28.0. The maximum absolute atomic E-state index is 12.5. The van der Waals surface area contributed by atoms with E-state index in [1.54, 1.807) is 6.92 Å². The van der Waals surface area contributed by atoms with E-state index in [0.717, 1.165) is 68.3 Å². The van der Waals surface area contributed by atoms with Crippen LogP contribution in [0.2, 0.25) is 0 Å². The van der Waals surface area contributed by atoms with Crippen molar-refractivity contribution in [1.82, 2.24) is 14.9 Å². The van der Waals surface area contributed by atoms with Crippen molar-refractivity contribution in [3.63, 3.8) is 0 Å². The van der Waals surface area contributed by atoms with Gasteiger partial charge >= 0.3 is 0 Å². The molecule has 1 aliphatic heterocycles. The minimum absolute atomic E-state index is 0.116. The van der Waals surface area contributed by atoms with Crippen LogP contribution in [0.5, 0.6) is 0 Å². The molecule has 1 aromatic carbocycles. The highest BCUT2D eigenvalue weighted by molar-refractivity contribution is 7.99. The number of nitrogens with zero attached hydrogens (tertiary/aromatic N) is 5. The molecule has 2 fully saturated rings. The van der Waals surface area contributed by atoms with E-state index in [0.29, 0.717) is 28.9 Å². The summed E-state index contributed by atoms with van der Waals surface area (Å²) in [6.07, 6.45) is 4.54. The Bertz CT molecular complexity index is 1160. The van der Waals surface area contributed by atoms with Crippen LogP contribution in [0, 0.1) is 11.3 Å². The Kier molecular flexibility index (Phi) is 9.04. The van der Waals surface area contributed by atoms with Crippen LogP contribution in [0.15, 0.2) is 45.4 Å². The molecule has 1 saturated carbocycles. The van der Waals surface area contributed by atoms with Crippen molar-refractivity contribution in [1.29, 1.82) is 5.41 Å². The standard InChI is InChI=1S/C28H40N8OS/c1-19(29)17-23(30)32-24-18-25(35-13-15-36(16-14-35)28(2,3)4)34-27(33-24)38-22-11-9-21(10-12-22)31-26(37)20-7-5-6-8-20/h9-12,18,20,29H,5-8,13-17H2,1-4H3,(H,31,37)(H2,30,32,33,34). The van der Waals surface area contributed by atoms with E-state index in [-0.39, 0.29) is 17.4 Å². The van der Waals surface area contributed by atoms with Gasteiger partial charge in [-0.15, -0.1) is 0 Å². The summed E-state index contributed by atoms with van der Waals surface area (Å²) in [7, 11) is 0. The van der Waals surface area contributed by atoms with Crippen LogP contribution in [0.1, 0.15) is 59.8 Å². The second-order valence-electron chi connectivity index (χ2n) is 11.2. The maximum atomic E-state index is 12.5. The van der Waals surface area contributed by atoms with E-state index in [1.807, 2.05) is 30.3 Å². The lowest BCUT2D eigenvalue weighted by atomic mass is 10.1. The molecule has 1 aliphatic carbocycles. The predicted molar refractivity (Wildman–Crippen MR) is 156 cm³/mol. The number of hydrogen-bond donors (Lipinski definition) is 3. The molecule has 0 spiro atoms. The average molecular weight is 537 g/mol. The Hall–Kier alpha value is -2.98. The minimum atomic E-state index is 0.116. The monoisotopic (exact) mass is 536 g/mol. The van der Waals surface area contributed by atoms with Gasteiger partial charge in [-0.25, -0.2) is 15.0 Å². The van der Waals surface area contributed by atoms with Gasteiger partial charge in [-0.2, -0.15) is 0 Å². The fraction of sp³-hybridized carbons (Fsp3) is 0.536. The molecular weight excluding hydrogens is 496 g/mol. The lowest BCUT2D eigenvalue weighted by Gasteiger charge is -2.42. The van der Waals surface area contributed by atoms with E-state index in [2.05, 4.69) is 45.9 Å². The van der Waals surface area contributed by atoms with E-state index >= 15 is 0 Å². The number of benzene rings is 1. The summed E-state index contributed by atoms with van der Waals surface area (Å²) in [6, 6.07) is 9.68. The van der Waals surface area contributed by atoms with Gasteiger partial charge < -0.3 is 21.4 Å². The van der Waals surface area contributed by atoms with Gasteiger partial charge in [0.1, 0.15) is 11.7 Å². The number of carbonyl (C=O) groups excluding carboxylic acids is 1. The molecule has 9 nitrogen and oxygen atoms in total. The number of aromatic nitrogens is 2. The van der Waals surface area contributed by atoms with Crippen molar-refractivity contribution in [2.24, 2.45) is 16.6 Å². The van der Waals surface area contributed by atoms with Gasteiger partial charge in [-0.1, -0.05) is 12.8 Å². The average Bonchev–Trinajstić information content (AvgIpc) is 3.39. The Labute approximate surface area is 230 Å². The number of rotatable bonds is 8. The van der Waals surface area contributed by atoms with Crippen LogP contribution in [-0.2, 0) is 4.79 Å². The normalized spacial score (nSPS) is 17.6. The van der Waals surface area contributed by atoms with Crippen LogP contribution in [0.3, 0.4) is 0 Å². The van der Waals surface area contributed by atoms with Crippen molar-refractivity contribution >= 4 is 46.5 Å². The van der Waals surface area contributed by atoms with E-state index in [4.69, 9.17) is 16.1 Å². The van der Waals surface area contributed by atoms with E-state index in [1.165, 1.54) is 11.8 Å². The van der Waals surface area contributed by atoms with Crippen LogP contribution < -0.4 is 16.0 Å². The van der Waals surface area contributed by atoms with Gasteiger partial charge in [0.05, 0.1) is 0 Å². The number of amides is 1. The van der Waals surface area contributed by atoms with E-state index in [9.17, 15) is 4.79 Å². The second kappa shape index (κ2) is 12.3. The number of hydrogen-bond acceptors (Lipinski definition) is 8. The molecule has 2 aliphatic rings. The SMILES string of the molecule is CC(=N)CC(N)=Nc1cc(N2CCN(C(C)(C)C)CC2)nc(Sc2ccc(NC(=O)C3CCCC3)cc2)n1. The van der Waals surface area contributed by atoms with Crippen molar-refractivity contribution < 1.29 is 4.79 Å². The summed E-state index contributed by atoms with van der Waals surface area (Å²) in [5.41, 5.74) is 7.48. The van der Waals surface area contributed by atoms with Crippen LogP contribution in [-0.4, -0.2) is 64.0 Å². The molecule has 0 radical (unpaired) electrons. The number of anilines is 2. The fourth-order valence-corrected chi connectivity index (χ4v) is 5.64. The van der Waals surface area contributed by atoms with Crippen molar-refractivity contribution in [3.05, 3.63) is 30.3 Å². The number of nitrogens with two attached hydrogens (primary N) is 1. The van der Waals surface area contributed by atoms with E-state index < -0.39 is 0 Å². The smallest absolute Gasteiger partial charge is 0.227 e. The molecule has 0 unspecified atom stereocenters. The van der Waals surface area contributed by atoms with Crippen LogP contribution in [0.4, 0.5) is 17.3 Å². The van der Waals surface area contributed by atoms with Gasteiger partial charge in [-0.3, -0.25) is 9.69 Å². The molecule has 0 atom stereocenters. The zero-order chi connectivity index (χ0) is 27.3. The molecule has 1 amide bonds. The first-order chi connectivity index (χ1) is 18.1. The summed E-state index contributed by atoms with van der Waals surface area (Å²) in [6.45, 7) is 12.1. The van der Waals surface area contributed by atoms with Gasteiger partial charge in [0, 0.05) is 66.4 Å². The second-order valence-corrected chi connectivity index (χ2v) is 12.2. The molecule has 38 heavy (non-hydrogen) atoms. The Balaban J connectivity index is 1.51. The molecular formula is C28H40N8OS. The highest BCUT2D eigenvalue weighted by Crippen LogP contribution is 2.31. The Morgan fingerprint density at radius 3 is 2.39 bits per heavy atom. The van der Waals surface area contributed by atoms with Crippen LogP contribution >= 0.6 is 11.8 Å². The predicted octanol–water partition coefficient (Wildman–Crippen LogP) is 5.10. The molecule has 0 bridgehead atoms. The molecule has 204 valence electrons. The topological polar surface area (TPSA) is 124 Å². The van der Waals surface area contributed by atoms with Gasteiger partial charge in [-0.05, 0) is 76.6 Å². The summed E-state index contributed by atoms with van der Waals surface area (Å²) in [5, 5.41) is 11.4. The third kappa shape index (κ3) is 7.77. The molecule has 1 saturated heterocycles. The first-order valence-electron chi connectivity index (χ1n) is 13.4. The number of piperazine rings is 1. The zero-order valence-electron chi connectivity index (χ0n) is 23.0. The minimum Gasteiger partial charge on any atom is -0.387 e. The van der Waals surface area contributed by atoms with Crippen molar-refractivity contribution in [3.8, 4) is 0 Å². The molecule has 1 aromatic heterocycles. The Morgan fingerprint density at radius 2 is 1.79 bits per heavy atom. The third-order valence-corrected chi connectivity index (χ3v) is 7.87. The van der Waals surface area contributed by atoms with Gasteiger partial charge in [0.25, 0.3) is 0 Å². The number of carbonyl (C=O) groups is 1. The lowest BCUT2D eigenvalue weighted by molar-refractivity contribution is -0.119. The molecule has 4 N–H and O–H groups in total. The quantitative estimate of drug-likeness (QED) is 0.244. The maximum Gasteiger partial charge on any atom is 0.227 e. The molecule has 10 heteroatoms. The third-order valence-electron chi connectivity index (χ3n) is 6.99. The van der Waals surface area contributed by atoms with Crippen molar-refractivity contribution in [2.45, 2.75) is 75.4 Å². The van der Waals surface area contributed by atoms with Gasteiger partial charge in [0.2, 0.25) is 5.91 Å².